The van der Waals surface area contributed by atoms with Gasteiger partial charge in [0, 0.05) is 24.5 Å². The van der Waals surface area contributed by atoms with Gasteiger partial charge in [-0.15, -0.1) is 11.3 Å². The average molecular weight is 322 g/mol. The Hall–Kier alpha value is -1.24. The number of thiophene rings is 1. The van der Waals surface area contributed by atoms with Crippen LogP contribution >= 0.6 is 22.7 Å². The molecule has 0 unspecified atom stereocenters. The fourth-order valence-corrected chi connectivity index (χ4v) is 4.37. The zero-order chi connectivity index (χ0) is 15.0. The first-order valence-corrected chi connectivity index (χ1v) is 8.74. The molecule has 1 N–H and O–H groups in total. The van der Waals surface area contributed by atoms with Crippen LogP contribution in [0.15, 0.2) is 16.8 Å². The maximum absolute atomic E-state index is 12.5. The topological polar surface area (TPSA) is 53.4 Å². The Morgan fingerprint density at radius 3 is 2.90 bits per heavy atom. The summed E-state index contributed by atoms with van der Waals surface area (Å²) in [6.45, 7) is 2.60. The quantitative estimate of drug-likeness (QED) is 0.941. The third-order valence-corrected chi connectivity index (χ3v) is 5.73. The van der Waals surface area contributed by atoms with Gasteiger partial charge in [-0.2, -0.15) is 11.3 Å². The highest BCUT2D eigenvalue weighted by atomic mass is 32.1. The maximum Gasteiger partial charge on any atom is 0.265 e. The average Bonchev–Trinajstić information content (AvgIpc) is 3.04. The van der Waals surface area contributed by atoms with E-state index in [-0.39, 0.29) is 12.0 Å². The van der Waals surface area contributed by atoms with Crippen molar-refractivity contribution in [2.75, 3.05) is 13.6 Å². The Balaban J connectivity index is 1.72. The van der Waals surface area contributed by atoms with Gasteiger partial charge in [0.05, 0.1) is 11.8 Å². The predicted molar refractivity (Wildman–Crippen MR) is 85.9 cm³/mol. The molecule has 3 rings (SSSR count). The van der Waals surface area contributed by atoms with Crippen molar-refractivity contribution in [3.8, 4) is 10.6 Å². The van der Waals surface area contributed by atoms with Crippen LogP contribution in [0.2, 0.25) is 0 Å². The van der Waals surface area contributed by atoms with E-state index in [2.05, 4.69) is 4.98 Å². The van der Waals surface area contributed by atoms with Gasteiger partial charge >= 0.3 is 0 Å². The van der Waals surface area contributed by atoms with Crippen molar-refractivity contribution in [2.45, 2.75) is 25.9 Å². The summed E-state index contributed by atoms with van der Waals surface area (Å²) < 4.78 is 0. The van der Waals surface area contributed by atoms with Crippen LogP contribution in [0.4, 0.5) is 0 Å². The molecule has 2 aromatic heterocycles. The van der Waals surface area contributed by atoms with Gasteiger partial charge in [-0.1, -0.05) is 0 Å². The standard InChI is InChI=1S/C15H18N2O2S2/c1-9-13(21-14(16-9)11-3-4-20-8-11)15(19)17(2)7-10-5-12(18)6-10/h3-4,8,10,12,18H,5-7H2,1-2H3. The summed E-state index contributed by atoms with van der Waals surface area (Å²) in [5.74, 6) is 0.464. The molecule has 2 heterocycles. The van der Waals surface area contributed by atoms with Gasteiger partial charge in [-0.3, -0.25) is 4.79 Å². The van der Waals surface area contributed by atoms with Gasteiger partial charge in [-0.05, 0) is 37.1 Å². The van der Waals surface area contributed by atoms with Gasteiger partial charge in [0.1, 0.15) is 9.88 Å². The summed E-state index contributed by atoms with van der Waals surface area (Å²) in [5, 5.41) is 14.3. The zero-order valence-corrected chi connectivity index (χ0v) is 13.7. The smallest absolute Gasteiger partial charge is 0.265 e. The van der Waals surface area contributed by atoms with Crippen LogP contribution in [0.25, 0.3) is 10.6 Å². The molecule has 1 fully saturated rings. The van der Waals surface area contributed by atoms with Gasteiger partial charge < -0.3 is 10.0 Å². The lowest BCUT2D eigenvalue weighted by Crippen LogP contribution is -2.39. The predicted octanol–water partition coefficient (Wildman–Crippen LogP) is 3.02. The van der Waals surface area contributed by atoms with E-state index in [9.17, 15) is 9.90 Å². The number of hydrogen-bond acceptors (Lipinski definition) is 5. The summed E-state index contributed by atoms with van der Waals surface area (Å²) in [6.07, 6.45) is 1.44. The normalized spacial score (nSPS) is 21.1. The second-order valence-electron chi connectivity index (χ2n) is 5.62. The van der Waals surface area contributed by atoms with E-state index in [1.165, 1.54) is 11.3 Å². The number of rotatable bonds is 4. The van der Waals surface area contributed by atoms with Gasteiger partial charge in [0.15, 0.2) is 0 Å². The fraction of sp³-hybridized carbons (Fsp3) is 0.467. The van der Waals surface area contributed by atoms with Crippen molar-refractivity contribution in [1.82, 2.24) is 9.88 Å². The van der Waals surface area contributed by atoms with E-state index >= 15 is 0 Å². The highest BCUT2D eigenvalue weighted by Gasteiger charge is 2.30. The molecule has 112 valence electrons. The number of thiazole rings is 1. The number of aryl methyl sites for hydroxylation is 1. The third kappa shape index (κ3) is 3.02. The Morgan fingerprint density at radius 1 is 1.52 bits per heavy atom. The summed E-state index contributed by atoms with van der Waals surface area (Å²) in [5.41, 5.74) is 1.88. The summed E-state index contributed by atoms with van der Waals surface area (Å²) in [7, 11) is 1.83. The minimum Gasteiger partial charge on any atom is -0.393 e. The number of hydrogen-bond donors (Lipinski definition) is 1. The molecule has 0 radical (unpaired) electrons. The number of nitrogens with zero attached hydrogens (tertiary/aromatic N) is 2. The highest BCUT2D eigenvalue weighted by Crippen LogP contribution is 2.31. The molecule has 21 heavy (non-hydrogen) atoms. The third-order valence-electron chi connectivity index (χ3n) is 3.85. The summed E-state index contributed by atoms with van der Waals surface area (Å²) in [4.78, 5) is 19.5. The Morgan fingerprint density at radius 2 is 2.29 bits per heavy atom. The van der Waals surface area contributed by atoms with Crippen molar-refractivity contribution < 1.29 is 9.90 Å². The monoisotopic (exact) mass is 322 g/mol. The summed E-state index contributed by atoms with van der Waals surface area (Å²) in [6, 6.07) is 2.02. The molecule has 0 saturated heterocycles. The lowest BCUT2D eigenvalue weighted by atomic mass is 9.82. The van der Waals surface area contributed by atoms with Crippen LogP contribution in [0, 0.1) is 12.8 Å². The maximum atomic E-state index is 12.5. The van der Waals surface area contributed by atoms with Crippen LogP contribution in [0.1, 0.15) is 28.2 Å². The highest BCUT2D eigenvalue weighted by molar-refractivity contribution is 7.17. The van der Waals surface area contributed by atoms with E-state index < -0.39 is 0 Å². The van der Waals surface area contributed by atoms with Crippen molar-refractivity contribution in [3.63, 3.8) is 0 Å². The number of aliphatic hydroxyl groups excluding tert-OH is 1. The van der Waals surface area contributed by atoms with E-state index in [0.29, 0.717) is 12.5 Å². The van der Waals surface area contributed by atoms with Crippen LogP contribution in [-0.4, -0.2) is 40.6 Å². The van der Waals surface area contributed by atoms with Gasteiger partial charge in [0.25, 0.3) is 5.91 Å². The number of amides is 1. The molecule has 0 atom stereocenters. The first kappa shape index (κ1) is 14.7. The van der Waals surface area contributed by atoms with Crippen LogP contribution in [0.5, 0.6) is 0 Å². The Bertz CT molecular complexity index is 630. The fourth-order valence-electron chi connectivity index (χ4n) is 2.60. The minimum absolute atomic E-state index is 0.0351. The molecule has 1 aliphatic rings. The molecule has 0 bridgehead atoms. The lowest BCUT2D eigenvalue weighted by molar-refractivity contribution is 0.0266. The molecule has 2 aromatic rings. The molecule has 4 nitrogen and oxygen atoms in total. The van der Waals surface area contributed by atoms with Crippen LogP contribution in [0.3, 0.4) is 0 Å². The van der Waals surface area contributed by atoms with Crippen molar-refractivity contribution in [3.05, 3.63) is 27.4 Å². The summed E-state index contributed by atoms with van der Waals surface area (Å²) >= 11 is 3.09. The number of carbonyl (C=O) groups is 1. The second-order valence-corrected chi connectivity index (χ2v) is 7.40. The molecule has 1 amide bonds. The van der Waals surface area contributed by atoms with Crippen molar-refractivity contribution >= 4 is 28.6 Å². The zero-order valence-electron chi connectivity index (χ0n) is 12.1. The lowest BCUT2D eigenvalue weighted by Gasteiger charge is -2.34. The Kier molecular flexibility index (Phi) is 4.10. The molecule has 0 aromatic carbocycles. The molecule has 0 spiro atoms. The molecule has 0 aliphatic heterocycles. The number of aliphatic hydroxyl groups is 1. The van der Waals surface area contributed by atoms with Gasteiger partial charge in [-0.25, -0.2) is 4.98 Å². The first-order valence-electron chi connectivity index (χ1n) is 6.98. The molecular formula is C15H18N2O2S2. The van der Waals surface area contributed by atoms with Crippen LogP contribution in [-0.2, 0) is 0 Å². The Labute approximate surface area is 132 Å². The van der Waals surface area contributed by atoms with E-state index in [0.717, 1.165) is 34.0 Å². The molecule has 6 heteroatoms. The second kappa shape index (κ2) is 5.87. The number of aromatic nitrogens is 1. The molecule has 1 saturated carbocycles. The van der Waals surface area contributed by atoms with E-state index in [1.54, 1.807) is 16.2 Å². The molecular weight excluding hydrogens is 304 g/mol. The largest absolute Gasteiger partial charge is 0.393 e. The minimum atomic E-state index is -0.172. The van der Waals surface area contributed by atoms with Gasteiger partial charge in [0.2, 0.25) is 0 Å². The van der Waals surface area contributed by atoms with Crippen molar-refractivity contribution in [2.24, 2.45) is 5.92 Å². The first-order chi connectivity index (χ1) is 10.0. The van der Waals surface area contributed by atoms with Crippen LogP contribution < -0.4 is 0 Å². The SMILES string of the molecule is Cc1nc(-c2ccsc2)sc1C(=O)N(C)CC1CC(O)C1. The molecule has 1 aliphatic carbocycles. The van der Waals surface area contributed by atoms with E-state index in [1.807, 2.05) is 30.8 Å². The number of carbonyl (C=O) groups excluding carboxylic acids is 1. The van der Waals surface area contributed by atoms with Crippen molar-refractivity contribution in [1.29, 1.82) is 0 Å². The van der Waals surface area contributed by atoms with E-state index in [4.69, 9.17) is 0 Å².